The Labute approximate surface area is 103 Å². The number of nitrogens with zero attached hydrogens (tertiary/aromatic N) is 2. The van der Waals surface area contributed by atoms with Gasteiger partial charge in [-0.2, -0.15) is 9.57 Å². The fourth-order valence-corrected chi connectivity index (χ4v) is 3.04. The van der Waals surface area contributed by atoms with Gasteiger partial charge in [0.05, 0.1) is 16.9 Å². The summed E-state index contributed by atoms with van der Waals surface area (Å²) in [7, 11) is -3.47. The first-order valence-electron chi connectivity index (χ1n) is 5.47. The summed E-state index contributed by atoms with van der Waals surface area (Å²) < 4.78 is 25.8. The van der Waals surface area contributed by atoms with Crippen molar-refractivity contribution in [3.8, 4) is 6.07 Å². The molecule has 0 aliphatic carbocycles. The largest absolute Gasteiger partial charge is 0.243 e. The summed E-state index contributed by atoms with van der Waals surface area (Å²) in [5.41, 5.74) is 0. The van der Waals surface area contributed by atoms with E-state index in [2.05, 4.69) is 0 Å². The first-order chi connectivity index (χ1) is 8.02. The Kier molecular flexibility index (Phi) is 4.67. The van der Waals surface area contributed by atoms with E-state index in [0.29, 0.717) is 6.54 Å². The van der Waals surface area contributed by atoms with Gasteiger partial charge in [-0.15, -0.1) is 0 Å². The lowest BCUT2D eigenvalue weighted by Crippen LogP contribution is -2.34. The Morgan fingerprint density at radius 1 is 1.35 bits per heavy atom. The summed E-state index contributed by atoms with van der Waals surface area (Å²) >= 11 is 0. The molecule has 4 nitrogen and oxygen atoms in total. The van der Waals surface area contributed by atoms with Crippen LogP contribution in [0.3, 0.4) is 0 Å². The summed E-state index contributed by atoms with van der Waals surface area (Å²) in [5.74, 6) is -0.312. The molecule has 0 heterocycles. The predicted octanol–water partition coefficient (Wildman–Crippen LogP) is 1.86. The second-order valence-corrected chi connectivity index (χ2v) is 5.74. The summed E-state index contributed by atoms with van der Waals surface area (Å²) in [6.45, 7) is 4.07. The first kappa shape index (κ1) is 13.7. The molecule has 0 aromatic heterocycles. The van der Waals surface area contributed by atoms with E-state index < -0.39 is 10.0 Å². The Morgan fingerprint density at radius 3 is 2.41 bits per heavy atom. The molecule has 1 unspecified atom stereocenters. The van der Waals surface area contributed by atoms with Crippen molar-refractivity contribution in [2.24, 2.45) is 5.92 Å². The van der Waals surface area contributed by atoms with E-state index >= 15 is 0 Å². The molecule has 92 valence electrons. The molecule has 1 aromatic carbocycles. The van der Waals surface area contributed by atoms with Crippen LogP contribution in [0.4, 0.5) is 0 Å². The van der Waals surface area contributed by atoms with Gasteiger partial charge in [-0.25, -0.2) is 8.42 Å². The topological polar surface area (TPSA) is 61.2 Å². The highest BCUT2D eigenvalue weighted by atomic mass is 32.2. The summed E-state index contributed by atoms with van der Waals surface area (Å²) in [6.07, 6.45) is 0. The van der Waals surface area contributed by atoms with E-state index in [9.17, 15) is 8.42 Å². The molecule has 5 heteroatoms. The average molecular weight is 252 g/mol. The van der Waals surface area contributed by atoms with Gasteiger partial charge in [-0.1, -0.05) is 25.1 Å². The fraction of sp³-hybridized carbons (Fsp3) is 0.417. The molecule has 1 rings (SSSR count). The third-order valence-electron chi connectivity index (χ3n) is 2.43. The van der Waals surface area contributed by atoms with Crippen molar-refractivity contribution in [1.82, 2.24) is 4.31 Å². The molecule has 17 heavy (non-hydrogen) atoms. The van der Waals surface area contributed by atoms with Gasteiger partial charge in [-0.05, 0) is 19.1 Å². The van der Waals surface area contributed by atoms with Crippen molar-refractivity contribution in [3.63, 3.8) is 0 Å². The van der Waals surface area contributed by atoms with Crippen LogP contribution in [0.15, 0.2) is 35.2 Å². The third-order valence-corrected chi connectivity index (χ3v) is 4.39. The number of hydrogen-bond donors (Lipinski definition) is 0. The van der Waals surface area contributed by atoms with Crippen LogP contribution in [0.5, 0.6) is 0 Å². The quantitative estimate of drug-likeness (QED) is 0.803. The van der Waals surface area contributed by atoms with Gasteiger partial charge in [0, 0.05) is 13.1 Å². The molecule has 0 saturated carbocycles. The fourth-order valence-electron chi connectivity index (χ4n) is 1.48. The molecule has 0 aliphatic heterocycles. The van der Waals surface area contributed by atoms with Crippen molar-refractivity contribution in [2.45, 2.75) is 18.7 Å². The van der Waals surface area contributed by atoms with E-state index in [1.807, 2.05) is 6.07 Å². The lowest BCUT2D eigenvalue weighted by molar-refractivity contribution is 0.400. The van der Waals surface area contributed by atoms with Crippen LogP contribution in [0.1, 0.15) is 13.8 Å². The first-order valence-corrected chi connectivity index (χ1v) is 6.91. The molecule has 0 fully saturated rings. The zero-order valence-electron chi connectivity index (χ0n) is 10.00. The maximum absolute atomic E-state index is 12.2. The van der Waals surface area contributed by atoms with Gasteiger partial charge in [-0.3, -0.25) is 0 Å². The summed E-state index contributed by atoms with van der Waals surface area (Å²) in [6, 6.07) is 10.3. The predicted molar refractivity (Wildman–Crippen MR) is 65.7 cm³/mol. The highest BCUT2D eigenvalue weighted by Crippen LogP contribution is 2.16. The van der Waals surface area contributed by atoms with Crippen molar-refractivity contribution in [1.29, 1.82) is 5.26 Å². The van der Waals surface area contributed by atoms with Crippen LogP contribution < -0.4 is 0 Å². The molecule has 0 radical (unpaired) electrons. The van der Waals surface area contributed by atoms with Crippen LogP contribution in [0.2, 0.25) is 0 Å². The Balaban J connectivity index is 3.00. The molecule has 1 aromatic rings. The smallest absolute Gasteiger partial charge is 0.207 e. The van der Waals surface area contributed by atoms with E-state index in [4.69, 9.17) is 5.26 Å². The van der Waals surface area contributed by atoms with Gasteiger partial charge in [0.15, 0.2) is 0 Å². The third kappa shape index (κ3) is 3.29. The number of nitriles is 1. The van der Waals surface area contributed by atoms with Crippen LogP contribution in [0.25, 0.3) is 0 Å². The molecule has 1 atom stereocenters. The molecule has 0 spiro atoms. The summed E-state index contributed by atoms with van der Waals surface area (Å²) in [4.78, 5) is 0.270. The van der Waals surface area contributed by atoms with Crippen molar-refractivity contribution in [3.05, 3.63) is 30.3 Å². The molecule has 0 N–H and O–H groups in total. The molecule has 0 amide bonds. The molecular formula is C12H16N2O2S. The molecule has 0 aliphatic rings. The van der Waals surface area contributed by atoms with Gasteiger partial charge in [0.2, 0.25) is 10.0 Å². The minimum Gasteiger partial charge on any atom is -0.207 e. The number of hydrogen-bond acceptors (Lipinski definition) is 3. The Bertz CT molecular complexity index is 491. The maximum Gasteiger partial charge on any atom is 0.243 e. The monoisotopic (exact) mass is 252 g/mol. The second kappa shape index (κ2) is 5.80. The second-order valence-electron chi connectivity index (χ2n) is 3.80. The van der Waals surface area contributed by atoms with Crippen molar-refractivity contribution < 1.29 is 8.42 Å². The van der Waals surface area contributed by atoms with E-state index in [1.165, 1.54) is 4.31 Å². The minimum absolute atomic E-state index is 0.226. The zero-order chi connectivity index (χ0) is 12.9. The minimum atomic E-state index is -3.47. The Morgan fingerprint density at radius 2 is 1.94 bits per heavy atom. The van der Waals surface area contributed by atoms with Gasteiger partial charge < -0.3 is 0 Å². The standard InChI is InChI=1S/C12H16N2O2S/c1-3-14(10-11(2)9-13)17(15,16)12-7-5-4-6-8-12/h4-8,11H,3,10H2,1-2H3. The highest BCUT2D eigenvalue weighted by molar-refractivity contribution is 7.89. The maximum atomic E-state index is 12.2. The Hall–Kier alpha value is -1.38. The number of sulfonamides is 1. The van der Waals surface area contributed by atoms with Crippen LogP contribution in [0, 0.1) is 17.2 Å². The average Bonchev–Trinajstić information content (AvgIpc) is 2.36. The highest BCUT2D eigenvalue weighted by Gasteiger charge is 2.24. The van der Waals surface area contributed by atoms with E-state index in [0.717, 1.165) is 0 Å². The SMILES string of the molecule is CCN(CC(C)C#N)S(=O)(=O)c1ccccc1. The van der Waals surface area contributed by atoms with Crippen LogP contribution in [-0.2, 0) is 10.0 Å². The van der Waals surface area contributed by atoms with Crippen LogP contribution in [-0.4, -0.2) is 25.8 Å². The molecule has 0 saturated heterocycles. The van der Waals surface area contributed by atoms with Gasteiger partial charge in [0.1, 0.15) is 0 Å². The van der Waals surface area contributed by atoms with Crippen molar-refractivity contribution >= 4 is 10.0 Å². The van der Waals surface area contributed by atoms with E-state index in [1.54, 1.807) is 44.2 Å². The normalized spacial score (nSPS) is 13.3. The number of rotatable bonds is 5. The van der Waals surface area contributed by atoms with Gasteiger partial charge >= 0.3 is 0 Å². The lowest BCUT2D eigenvalue weighted by Gasteiger charge is -2.21. The summed E-state index contributed by atoms with van der Waals surface area (Å²) in [5, 5.41) is 8.74. The number of benzene rings is 1. The van der Waals surface area contributed by atoms with Gasteiger partial charge in [0.25, 0.3) is 0 Å². The zero-order valence-corrected chi connectivity index (χ0v) is 10.8. The lowest BCUT2D eigenvalue weighted by atomic mass is 10.2. The molecular weight excluding hydrogens is 236 g/mol. The molecule has 0 bridgehead atoms. The van der Waals surface area contributed by atoms with Crippen molar-refractivity contribution in [2.75, 3.05) is 13.1 Å². The van der Waals surface area contributed by atoms with E-state index in [-0.39, 0.29) is 17.4 Å². The van der Waals surface area contributed by atoms with Crippen LogP contribution >= 0.6 is 0 Å².